The van der Waals surface area contributed by atoms with Crippen LogP contribution in [0, 0.1) is 5.82 Å². The predicted molar refractivity (Wildman–Crippen MR) is 70.7 cm³/mol. The van der Waals surface area contributed by atoms with E-state index in [0.29, 0.717) is 18.1 Å². The van der Waals surface area contributed by atoms with Gasteiger partial charge in [0, 0.05) is 29.7 Å². The Bertz CT molecular complexity index is 420. The fourth-order valence-corrected chi connectivity index (χ4v) is 3.86. The number of hydrogen-bond donors (Lipinski definition) is 1. The van der Waals surface area contributed by atoms with Gasteiger partial charge < -0.3 is 5.73 Å². The van der Waals surface area contributed by atoms with Gasteiger partial charge in [-0.2, -0.15) is 0 Å². The number of hydrogen-bond acceptors (Lipinski definition) is 2. The van der Waals surface area contributed by atoms with Crippen LogP contribution in [-0.4, -0.2) is 23.0 Å². The molecule has 0 radical (unpaired) electrons. The van der Waals surface area contributed by atoms with E-state index in [1.807, 2.05) is 12.1 Å². The molecule has 0 amide bonds. The van der Waals surface area contributed by atoms with Crippen LogP contribution in [0.2, 0.25) is 0 Å². The van der Waals surface area contributed by atoms with E-state index in [9.17, 15) is 4.39 Å². The van der Waals surface area contributed by atoms with Crippen LogP contribution in [0.3, 0.4) is 0 Å². The summed E-state index contributed by atoms with van der Waals surface area (Å²) in [4.78, 5) is 2.50. The molecule has 18 heavy (non-hydrogen) atoms. The summed E-state index contributed by atoms with van der Waals surface area (Å²) in [5.41, 5.74) is 6.91. The molecule has 2 N–H and O–H groups in total. The lowest BCUT2D eigenvalue weighted by atomic mass is 9.94. The van der Waals surface area contributed by atoms with E-state index in [0.717, 1.165) is 18.4 Å². The minimum absolute atomic E-state index is 0.0840. The molecule has 1 aromatic carbocycles. The van der Waals surface area contributed by atoms with Crippen molar-refractivity contribution in [1.82, 2.24) is 4.90 Å². The highest BCUT2D eigenvalue weighted by Crippen LogP contribution is 2.41. The fourth-order valence-electron chi connectivity index (χ4n) is 3.86. The maximum absolute atomic E-state index is 13.9. The number of nitrogens with zero attached hydrogens (tertiary/aromatic N) is 1. The van der Waals surface area contributed by atoms with Crippen LogP contribution in [0.5, 0.6) is 0 Å². The first-order valence-electron chi connectivity index (χ1n) is 6.94. The summed E-state index contributed by atoms with van der Waals surface area (Å²) in [6.45, 7) is 2.13. The number of halogens is 1. The van der Waals surface area contributed by atoms with Gasteiger partial charge in [-0.05, 0) is 38.7 Å². The van der Waals surface area contributed by atoms with E-state index in [2.05, 4.69) is 11.8 Å². The molecular formula is C15H21FN2. The Labute approximate surface area is 108 Å². The lowest BCUT2D eigenvalue weighted by Gasteiger charge is -2.41. The molecule has 2 heterocycles. The molecule has 0 aliphatic carbocycles. The maximum Gasteiger partial charge on any atom is 0.127 e. The Kier molecular flexibility index (Phi) is 3.12. The van der Waals surface area contributed by atoms with Crippen LogP contribution in [0.15, 0.2) is 24.3 Å². The van der Waals surface area contributed by atoms with E-state index >= 15 is 0 Å². The summed E-state index contributed by atoms with van der Waals surface area (Å²) >= 11 is 0. The monoisotopic (exact) mass is 248 g/mol. The standard InChI is InChI=1S/C15H21FN2/c1-10(14-4-2-3-5-15(14)16)18-12-6-7-13(18)9-11(17)8-12/h2-5,10-13H,6-9,17H2,1H3. The van der Waals surface area contributed by atoms with Gasteiger partial charge in [0.1, 0.15) is 5.82 Å². The van der Waals surface area contributed by atoms with Crippen LogP contribution < -0.4 is 5.73 Å². The topological polar surface area (TPSA) is 29.3 Å². The first-order valence-corrected chi connectivity index (χ1v) is 6.94. The lowest BCUT2D eigenvalue weighted by molar-refractivity contribution is 0.0837. The van der Waals surface area contributed by atoms with Crippen molar-refractivity contribution >= 4 is 0 Å². The molecule has 2 saturated heterocycles. The minimum atomic E-state index is -0.0840. The second-order valence-corrected chi connectivity index (χ2v) is 5.76. The maximum atomic E-state index is 13.9. The predicted octanol–water partition coefficient (Wildman–Crippen LogP) is 2.84. The number of rotatable bonds is 2. The van der Waals surface area contributed by atoms with Crippen LogP contribution >= 0.6 is 0 Å². The molecule has 2 nitrogen and oxygen atoms in total. The van der Waals surface area contributed by atoms with E-state index in [-0.39, 0.29) is 11.9 Å². The summed E-state index contributed by atoms with van der Waals surface area (Å²) < 4.78 is 13.9. The zero-order valence-corrected chi connectivity index (χ0v) is 10.8. The molecule has 1 aromatic rings. The number of benzene rings is 1. The van der Waals surface area contributed by atoms with Gasteiger partial charge >= 0.3 is 0 Å². The summed E-state index contributed by atoms with van der Waals surface area (Å²) in [5, 5.41) is 0. The minimum Gasteiger partial charge on any atom is -0.328 e. The zero-order valence-electron chi connectivity index (χ0n) is 10.8. The van der Waals surface area contributed by atoms with Crippen molar-refractivity contribution in [2.45, 2.75) is 56.8 Å². The summed E-state index contributed by atoms with van der Waals surface area (Å²) in [6.07, 6.45) is 4.57. The highest BCUT2D eigenvalue weighted by Gasteiger charge is 2.42. The molecule has 0 saturated carbocycles. The molecule has 2 aliphatic rings. The summed E-state index contributed by atoms with van der Waals surface area (Å²) in [7, 11) is 0. The van der Waals surface area contributed by atoms with Gasteiger partial charge in [-0.15, -0.1) is 0 Å². The highest BCUT2D eigenvalue weighted by atomic mass is 19.1. The largest absolute Gasteiger partial charge is 0.328 e. The molecule has 2 bridgehead atoms. The fraction of sp³-hybridized carbons (Fsp3) is 0.600. The lowest BCUT2D eigenvalue weighted by Crippen LogP contribution is -2.48. The molecule has 3 heteroatoms. The third-order valence-electron chi connectivity index (χ3n) is 4.63. The molecule has 3 unspecified atom stereocenters. The highest BCUT2D eigenvalue weighted by molar-refractivity contribution is 5.22. The van der Waals surface area contributed by atoms with Crippen molar-refractivity contribution in [2.24, 2.45) is 5.73 Å². The molecule has 0 aromatic heterocycles. The Morgan fingerprint density at radius 2 is 1.83 bits per heavy atom. The smallest absolute Gasteiger partial charge is 0.127 e. The second-order valence-electron chi connectivity index (χ2n) is 5.76. The van der Waals surface area contributed by atoms with Crippen LogP contribution in [0.1, 0.15) is 44.2 Å². The Hall–Kier alpha value is -0.930. The SMILES string of the molecule is CC(c1ccccc1F)N1C2CCC1CC(N)C2. The summed E-state index contributed by atoms with van der Waals surface area (Å²) in [6, 6.07) is 8.75. The van der Waals surface area contributed by atoms with E-state index < -0.39 is 0 Å². The van der Waals surface area contributed by atoms with Crippen molar-refractivity contribution in [3.63, 3.8) is 0 Å². The third-order valence-corrected chi connectivity index (χ3v) is 4.63. The van der Waals surface area contributed by atoms with Gasteiger partial charge in [-0.25, -0.2) is 4.39 Å². The molecule has 98 valence electrons. The van der Waals surface area contributed by atoms with Gasteiger partial charge in [-0.1, -0.05) is 18.2 Å². The van der Waals surface area contributed by atoms with Gasteiger partial charge in [0.2, 0.25) is 0 Å². The van der Waals surface area contributed by atoms with E-state index in [4.69, 9.17) is 5.73 Å². The molecular weight excluding hydrogens is 227 g/mol. The quantitative estimate of drug-likeness (QED) is 0.872. The second kappa shape index (κ2) is 4.63. The average molecular weight is 248 g/mol. The molecule has 3 rings (SSSR count). The summed E-state index contributed by atoms with van der Waals surface area (Å²) in [5.74, 6) is -0.0840. The van der Waals surface area contributed by atoms with Crippen molar-refractivity contribution in [3.05, 3.63) is 35.6 Å². The molecule has 0 spiro atoms. The molecule has 2 aliphatic heterocycles. The van der Waals surface area contributed by atoms with Crippen molar-refractivity contribution < 1.29 is 4.39 Å². The first-order chi connectivity index (χ1) is 8.66. The number of nitrogens with two attached hydrogens (primary N) is 1. The van der Waals surface area contributed by atoms with Gasteiger partial charge in [0.25, 0.3) is 0 Å². The molecule has 2 fully saturated rings. The van der Waals surface area contributed by atoms with Crippen molar-refractivity contribution in [1.29, 1.82) is 0 Å². The number of fused-ring (bicyclic) bond motifs is 2. The van der Waals surface area contributed by atoms with Gasteiger partial charge in [0.05, 0.1) is 0 Å². The normalized spacial score (nSPS) is 33.6. The van der Waals surface area contributed by atoms with Gasteiger partial charge in [0.15, 0.2) is 0 Å². The Morgan fingerprint density at radius 1 is 1.22 bits per heavy atom. The van der Waals surface area contributed by atoms with Crippen LogP contribution in [-0.2, 0) is 0 Å². The third kappa shape index (κ3) is 1.95. The number of piperidine rings is 1. The van der Waals surface area contributed by atoms with Crippen molar-refractivity contribution in [2.75, 3.05) is 0 Å². The Morgan fingerprint density at radius 3 is 2.44 bits per heavy atom. The van der Waals surface area contributed by atoms with E-state index in [1.54, 1.807) is 12.1 Å². The zero-order chi connectivity index (χ0) is 12.7. The Balaban J connectivity index is 1.86. The van der Waals surface area contributed by atoms with Crippen LogP contribution in [0.4, 0.5) is 4.39 Å². The van der Waals surface area contributed by atoms with Crippen molar-refractivity contribution in [3.8, 4) is 0 Å². The van der Waals surface area contributed by atoms with Crippen LogP contribution in [0.25, 0.3) is 0 Å². The average Bonchev–Trinajstić information content (AvgIpc) is 2.61. The van der Waals surface area contributed by atoms with E-state index in [1.165, 1.54) is 12.8 Å². The first kappa shape index (κ1) is 12.1. The molecule has 3 atom stereocenters. The van der Waals surface area contributed by atoms with Gasteiger partial charge in [-0.3, -0.25) is 4.90 Å².